The van der Waals surface area contributed by atoms with Crippen molar-refractivity contribution in [2.75, 3.05) is 14.2 Å². The maximum Gasteiger partial charge on any atom is 0.240 e. The number of ether oxygens (including phenoxy) is 2. The smallest absolute Gasteiger partial charge is 0.240 e. The average Bonchev–Trinajstić information content (AvgIpc) is 2.50. The van der Waals surface area contributed by atoms with Crippen molar-refractivity contribution in [2.45, 2.75) is 56.9 Å². The summed E-state index contributed by atoms with van der Waals surface area (Å²) in [6.07, 6.45) is 5.37. The molecule has 1 unspecified atom stereocenters. The third-order valence-corrected chi connectivity index (χ3v) is 5.10. The number of unbranched alkanes of at least 4 members (excludes halogenated alkanes) is 3. The molecule has 1 atom stereocenters. The monoisotopic (exact) mass is 329 g/mol. The zero-order chi connectivity index (χ0) is 16.6. The summed E-state index contributed by atoms with van der Waals surface area (Å²) in [7, 11) is -0.545. The molecule has 0 radical (unpaired) electrons. The second-order valence-corrected chi connectivity index (χ2v) is 7.10. The van der Waals surface area contributed by atoms with Crippen molar-refractivity contribution in [1.29, 1.82) is 0 Å². The molecule has 0 aliphatic heterocycles. The molecule has 0 amide bonds. The number of sulfonamides is 1. The molecule has 0 spiro atoms. The minimum absolute atomic E-state index is 0.0880. The normalized spacial score (nSPS) is 12.9. The highest BCUT2D eigenvalue weighted by atomic mass is 32.2. The van der Waals surface area contributed by atoms with Crippen LogP contribution in [0.3, 0.4) is 0 Å². The molecule has 0 heterocycles. The second kappa shape index (κ2) is 9.00. The summed E-state index contributed by atoms with van der Waals surface area (Å²) < 4.78 is 37.8. The van der Waals surface area contributed by atoms with Crippen LogP contribution in [0.4, 0.5) is 0 Å². The number of nitrogens with one attached hydrogen (secondary N) is 1. The van der Waals surface area contributed by atoms with Crippen molar-refractivity contribution in [3.63, 3.8) is 0 Å². The van der Waals surface area contributed by atoms with Gasteiger partial charge in [0.1, 0.15) is 0 Å². The van der Waals surface area contributed by atoms with Crippen LogP contribution in [0.5, 0.6) is 11.5 Å². The Morgan fingerprint density at radius 2 is 1.77 bits per heavy atom. The Bertz CT molecular complexity index is 557. The Labute approximate surface area is 134 Å². The van der Waals surface area contributed by atoms with Crippen LogP contribution in [0.15, 0.2) is 23.1 Å². The van der Waals surface area contributed by atoms with Crippen molar-refractivity contribution in [2.24, 2.45) is 0 Å². The third-order valence-electron chi connectivity index (χ3n) is 3.51. The lowest BCUT2D eigenvalue weighted by molar-refractivity contribution is 0.354. The van der Waals surface area contributed by atoms with E-state index in [1.54, 1.807) is 6.07 Å². The highest BCUT2D eigenvalue weighted by Gasteiger charge is 2.19. The molecule has 0 saturated heterocycles. The van der Waals surface area contributed by atoms with E-state index >= 15 is 0 Å². The Morgan fingerprint density at radius 1 is 1.09 bits per heavy atom. The summed E-state index contributed by atoms with van der Waals surface area (Å²) in [5.74, 6) is 0.912. The maximum atomic E-state index is 12.4. The van der Waals surface area contributed by atoms with E-state index in [1.165, 1.54) is 39.2 Å². The molecule has 1 N–H and O–H groups in total. The molecule has 0 bridgehead atoms. The standard InChI is InChI=1S/C16H27NO4S/c1-5-6-7-8-9-13(2)17-22(18,19)14-10-11-15(20-3)16(12-14)21-4/h10-13,17H,5-9H2,1-4H3. The minimum atomic E-state index is -3.55. The summed E-state index contributed by atoms with van der Waals surface area (Å²) in [5, 5.41) is 0. The first-order valence-corrected chi connectivity index (χ1v) is 9.17. The van der Waals surface area contributed by atoms with Crippen LogP contribution in [0.1, 0.15) is 46.0 Å². The van der Waals surface area contributed by atoms with Crippen LogP contribution in [0.25, 0.3) is 0 Å². The summed E-state index contributed by atoms with van der Waals surface area (Å²) in [4.78, 5) is 0.186. The minimum Gasteiger partial charge on any atom is -0.493 e. The molecule has 1 aromatic rings. The van der Waals surface area contributed by atoms with E-state index in [0.717, 1.165) is 19.3 Å². The van der Waals surface area contributed by atoms with Gasteiger partial charge < -0.3 is 9.47 Å². The van der Waals surface area contributed by atoms with Gasteiger partial charge in [-0.1, -0.05) is 32.6 Å². The topological polar surface area (TPSA) is 64.6 Å². The summed E-state index contributed by atoms with van der Waals surface area (Å²) in [5.41, 5.74) is 0. The predicted octanol–water partition coefficient (Wildman–Crippen LogP) is 3.34. The van der Waals surface area contributed by atoms with Gasteiger partial charge in [-0.25, -0.2) is 13.1 Å². The number of rotatable bonds is 10. The molecule has 126 valence electrons. The molecule has 5 nitrogen and oxygen atoms in total. The summed E-state index contributed by atoms with van der Waals surface area (Å²) in [6.45, 7) is 4.05. The average molecular weight is 329 g/mol. The van der Waals surface area contributed by atoms with E-state index in [-0.39, 0.29) is 10.9 Å². The zero-order valence-electron chi connectivity index (χ0n) is 13.9. The van der Waals surface area contributed by atoms with Crippen LogP contribution in [-0.2, 0) is 10.0 Å². The van der Waals surface area contributed by atoms with Crippen molar-refractivity contribution >= 4 is 10.0 Å². The van der Waals surface area contributed by atoms with E-state index < -0.39 is 10.0 Å². The van der Waals surface area contributed by atoms with Crippen LogP contribution in [0, 0.1) is 0 Å². The van der Waals surface area contributed by atoms with Crippen LogP contribution in [-0.4, -0.2) is 28.7 Å². The van der Waals surface area contributed by atoms with Crippen LogP contribution < -0.4 is 14.2 Å². The van der Waals surface area contributed by atoms with E-state index in [2.05, 4.69) is 11.6 Å². The fourth-order valence-electron chi connectivity index (χ4n) is 2.25. The first-order chi connectivity index (χ1) is 10.4. The number of hydrogen-bond donors (Lipinski definition) is 1. The molecule has 6 heteroatoms. The van der Waals surface area contributed by atoms with E-state index in [9.17, 15) is 8.42 Å². The fourth-order valence-corrected chi connectivity index (χ4v) is 3.55. The first-order valence-electron chi connectivity index (χ1n) is 7.69. The Hall–Kier alpha value is -1.27. The quantitative estimate of drug-likeness (QED) is 0.669. The highest BCUT2D eigenvalue weighted by molar-refractivity contribution is 7.89. The van der Waals surface area contributed by atoms with Gasteiger partial charge in [0.15, 0.2) is 11.5 Å². The van der Waals surface area contributed by atoms with Gasteiger partial charge in [-0.15, -0.1) is 0 Å². The van der Waals surface area contributed by atoms with Gasteiger partial charge in [-0.3, -0.25) is 0 Å². The van der Waals surface area contributed by atoms with Gasteiger partial charge in [-0.2, -0.15) is 0 Å². The van der Waals surface area contributed by atoms with Gasteiger partial charge in [0, 0.05) is 12.1 Å². The van der Waals surface area contributed by atoms with E-state index in [4.69, 9.17) is 9.47 Å². The van der Waals surface area contributed by atoms with Gasteiger partial charge in [0.05, 0.1) is 19.1 Å². The molecule has 1 rings (SSSR count). The maximum absolute atomic E-state index is 12.4. The van der Waals surface area contributed by atoms with Gasteiger partial charge >= 0.3 is 0 Å². The molecule has 22 heavy (non-hydrogen) atoms. The van der Waals surface area contributed by atoms with E-state index in [1.807, 2.05) is 6.92 Å². The van der Waals surface area contributed by atoms with Gasteiger partial charge in [0.25, 0.3) is 0 Å². The molecule has 0 aliphatic rings. The van der Waals surface area contributed by atoms with Crippen molar-refractivity contribution in [1.82, 2.24) is 4.72 Å². The Balaban J connectivity index is 2.73. The van der Waals surface area contributed by atoms with Crippen molar-refractivity contribution in [3.05, 3.63) is 18.2 Å². The lowest BCUT2D eigenvalue weighted by Gasteiger charge is -2.15. The Kier molecular flexibility index (Phi) is 7.68. The first kappa shape index (κ1) is 18.8. The number of benzene rings is 1. The molecule has 0 aromatic heterocycles. The van der Waals surface area contributed by atoms with E-state index in [0.29, 0.717) is 11.5 Å². The van der Waals surface area contributed by atoms with Crippen molar-refractivity contribution < 1.29 is 17.9 Å². The Morgan fingerprint density at radius 3 is 2.36 bits per heavy atom. The highest BCUT2D eigenvalue weighted by Crippen LogP contribution is 2.29. The van der Waals surface area contributed by atoms with Crippen molar-refractivity contribution in [3.8, 4) is 11.5 Å². The lowest BCUT2D eigenvalue weighted by atomic mass is 10.1. The zero-order valence-corrected chi connectivity index (χ0v) is 14.7. The second-order valence-electron chi connectivity index (χ2n) is 5.39. The van der Waals surface area contributed by atoms with Gasteiger partial charge in [0.2, 0.25) is 10.0 Å². The molecule has 0 saturated carbocycles. The molecular weight excluding hydrogens is 302 g/mol. The molecular formula is C16H27NO4S. The SMILES string of the molecule is CCCCCCC(C)NS(=O)(=O)c1ccc(OC)c(OC)c1. The van der Waals surface area contributed by atoms with Gasteiger partial charge in [-0.05, 0) is 25.5 Å². The summed E-state index contributed by atoms with van der Waals surface area (Å²) in [6, 6.07) is 4.51. The molecule has 0 aliphatic carbocycles. The largest absolute Gasteiger partial charge is 0.493 e. The number of methoxy groups -OCH3 is 2. The molecule has 1 aromatic carbocycles. The predicted molar refractivity (Wildman–Crippen MR) is 88.1 cm³/mol. The summed E-state index contributed by atoms with van der Waals surface area (Å²) >= 11 is 0. The molecule has 0 fully saturated rings. The number of hydrogen-bond acceptors (Lipinski definition) is 4. The fraction of sp³-hybridized carbons (Fsp3) is 0.625. The van der Waals surface area contributed by atoms with Crippen LogP contribution >= 0.6 is 0 Å². The third kappa shape index (κ3) is 5.50. The lowest BCUT2D eigenvalue weighted by Crippen LogP contribution is -2.32. The van der Waals surface area contributed by atoms with Crippen LogP contribution in [0.2, 0.25) is 0 Å².